The van der Waals surface area contributed by atoms with Crippen LogP contribution >= 0.6 is 0 Å². The number of aliphatic hydroxyl groups excluding tert-OH is 1. The maximum Gasteiger partial charge on any atom is 0.416 e. The Balaban J connectivity index is 2.00. The number of rotatable bonds is 6. The summed E-state index contributed by atoms with van der Waals surface area (Å²) in [4.78, 5) is 12.6. The zero-order chi connectivity index (χ0) is 24.4. The molecule has 0 heterocycles. The summed E-state index contributed by atoms with van der Waals surface area (Å²) in [6.07, 6.45) is -4.67. The third kappa shape index (κ3) is 5.89. The number of nitrogens with two attached hydrogens (primary N) is 1. The molecule has 0 spiro atoms. The zero-order valence-electron chi connectivity index (χ0n) is 17.2. The number of aryl methyl sites for hydroxylation is 1. The fraction of sp³-hybridized carbons (Fsp3) is 0.136. The Morgan fingerprint density at radius 2 is 1.79 bits per heavy atom. The van der Waals surface area contributed by atoms with Gasteiger partial charge in [0.1, 0.15) is 11.5 Å². The van der Waals surface area contributed by atoms with Crippen molar-refractivity contribution in [3.05, 3.63) is 82.9 Å². The number of hydrogen-bond donors (Lipinski definition) is 3. The van der Waals surface area contributed by atoms with Crippen molar-refractivity contribution >= 4 is 21.6 Å². The lowest BCUT2D eigenvalue weighted by Crippen LogP contribution is -2.16. The van der Waals surface area contributed by atoms with Gasteiger partial charge in [0.2, 0.25) is 10.0 Å². The van der Waals surface area contributed by atoms with E-state index >= 15 is 0 Å². The molecule has 3 aromatic carbocycles. The van der Waals surface area contributed by atoms with E-state index in [0.717, 1.165) is 18.2 Å². The summed E-state index contributed by atoms with van der Waals surface area (Å²) in [6.45, 7) is 1.41. The quantitative estimate of drug-likeness (QED) is 0.489. The first kappa shape index (κ1) is 24.2. The number of aliphatic hydroxyl groups is 1. The average molecular weight is 480 g/mol. The average Bonchev–Trinajstić information content (AvgIpc) is 2.74. The lowest BCUT2D eigenvalue weighted by molar-refractivity contribution is -0.137. The second-order valence-electron chi connectivity index (χ2n) is 7.10. The van der Waals surface area contributed by atoms with E-state index in [-0.39, 0.29) is 34.3 Å². The van der Waals surface area contributed by atoms with Crippen LogP contribution in [0.25, 0.3) is 0 Å². The van der Waals surface area contributed by atoms with E-state index in [1.165, 1.54) is 30.3 Å². The van der Waals surface area contributed by atoms with Gasteiger partial charge < -0.3 is 15.2 Å². The summed E-state index contributed by atoms with van der Waals surface area (Å²) in [5, 5.41) is 16.8. The number of benzene rings is 3. The summed E-state index contributed by atoms with van der Waals surface area (Å²) in [7, 11) is -4.03. The Labute approximate surface area is 187 Å². The SMILES string of the molecule is Cc1cc(CO)ccc1Oc1cc(C(F)(F)F)ccc1C(=O)Nc1cccc(S(N)(=O)=O)c1. The lowest BCUT2D eigenvalue weighted by atomic mass is 10.1. The molecule has 0 aromatic heterocycles. The van der Waals surface area contributed by atoms with Crippen LogP contribution in [0.5, 0.6) is 11.5 Å². The molecule has 0 radical (unpaired) electrons. The van der Waals surface area contributed by atoms with Crippen molar-refractivity contribution in [3.63, 3.8) is 0 Å². The molecule has 0 unspecified atom stereocenters. The second-order valence-corrected chi connectivity index (χ2v) is 8.66. The third-order valence-electron chi connectivity index (χ3n) is 4.62. The molecule has 174 valence electrons. The largest absolute Gasteiger partial charge is 0.456 e. The fourth-order valence-corrected chi connectivity index (χ4v) is 3.52. The normalized spacial score (nSPS) is 11.8. The van der Waals surface area contributed by atoms with Crippen LogP contribution in [0.4, 0.5) is 18.9 Å². The standard InChI is InChI=1S/C22H19F3N2O5S/c1-13-9-14(12-28)5-8-19(13)32-20-10-15(22(23,24)25)6-7-18(20)21(29)27-16-3-2-4-17(11-16)33(26,30)31/h2-11,28H,12H2,1H3,(H,27,29)(H2,26,30,31). The molecule has 7 nitrogen and oxygen atoms in total. The molecule has 3 aromatic rings. The minimum Gasteiger partial charge on any atom is -0.456 e. The maximum absolute atomic E-state index is 13.3. The van der Waals surface area contributed by atoms with Crippen LogP contribution in [0.3, 0.4) is 0 Å². The number of nitrogens with one attached hydrogen (secondary N) is 1. The Hall–Kier alpha value is -3.41. The highest BCUT2D eigenvalue weighted by Crippen LogP contribution is 2.36. The van der Waals surface area contributed by atoms with E-state index in [2.05, 4.69) is 5.32 Å². The van der Waals surface area contributed by atoms with Crippen LogP contribution in [-0.4, -0.2) is 19.4 Å². The number of ether oxygens (including phenoxy) is 1. The zero-order valence-corrected chi connectivity index (χ0v) is 18.0. The first-order valence-corrected chi connectivity index (χ1v) is 11.0. The van der Waals surface area contributed by atoms with Gasteiger partial charge in [0.25, 0.3) is 5.91 Å². The summed E-state index contributed by atoms with van der Waals surface area (Å²) in [5.41, 5.74) is -0.0480. The Kier molecular flexibility index (Phi) is 6.77. The number of primary sulfonamides is 1. The van der Waals surface area contributed by atoms with E-state index in [1.54, 1.807) is 13.0 Å². The highest BCUT2D eigenvalue weighted by molar-refractivity contribution is 7.89. The summed E-state index contributed by atoms with van der Waals surface area (Å²) < 4.78 is 68.5. The minimum absolute atomic E-state index is 0.0702. The topological polar surface area (TPSA) is 119 Å². The van der Waals surface area contributed by atoms with E-state index < -0.39 is 27.7 Å². The van der Waals surface area contributed by atoms with Crippen molar-refractivity contribution in [2.75, 3.05) is 5.32 Å². The minimum atomic E-state index is -4.67. The van der Waals surface area contributed by atoms with Crippen LogP contribution in [0.2, 0.25) is 0 Å². The highest BCUT2D eigenvalue weighted by Gasteiger charge is 2.32. The van der Waals surface area contributed by atoms with Crippen molar-refractivity contribution in [2.45, 2.75) is 24.6 Å². The number of sulfonamides is 1. The molecule has 0 aliphatic carbocycles. The highest BCUT2D eigenvalue weighted by atomic mass is 32.2. The van der Waals surface area contributed by atoms with Crippen LogP contribution in [0, 0.1) is 6.92 Å². The monoisotopic (exact) mass is 480 g/mol. The molecule has 4 N–H and O–H groups in total. The molecular weight excluding hydrogens is 461 g/mol. The molecule has 0 aliphatic rings. The van der Waals surface area contributed by atoms with E-state index in [4.69, 9.17) is 9.88 Å². The van der Waals surface area contributed by atoms with Crippen molar-refractivity contribution < 1.29 is 36.2 Å². The molecule has 3 rings (SSSR count). The predicted molar refractivity (Wildman–Crippen MR) is 114 cm³/mol. The molecule has 0 fully saturated rings. The van der Waals surface area contributed by atoms with Crippen LogP contribution in [0.15, 0.2) is 65.6 Å². The number of alkyl halides is 3. The Morgan fingerprint density at radius 1 is 1.06 bits per heavy atom. The van der Waals surface area contributed by atoms with Crippen molar-refractivity contribution in [3.8, 4) is 11.5 Å². The number of carbonyl (C=O) groups is 1. The van der Waals surface area contributed by atoms with Gasteiger partial charge in [-0.25, -0.2) is 13.6 Å². The molecule has 0 saturated carbocycles. The van der Waals surface area contributed by atoms with E-state index in [9.17, 15) is 31.5 Å². The second kappa shape index (κ2) is 9.22. The van der Waals surface area contributed by atoms with Gasteiger partial charge in [-0.15, -0.1) is 0 Å². The van der Waals surface area contributed by atoms with Crippen LogP contribution in [0.1, 0.15) is 27.0 Å². The summed E-state index contributed by atoms with van der Waals surface area (Å²) >= 11 is 0. The number of anilines is 1. The number of hydrogen-bond acceptors (Lipinski definition) is 5. The van der Waals surface area contributed by atoms with E-state index in [0.29, 0.717) is 17.2 Å². The molecule has 11 heteroatoms. The van der Waals surface area contributed by atoms with Crippen molar-refractivity contribution in [1.29, 1.82) is 0 Å². The smallest absolute Gasteiger partial charge is 0.416 e. The van der Waals surface area contributed by atoms with Gasteiger partial charge in [0.15, 0.2) is 0 Å². The molecule has 0 aliphatic heterocycles. The lowest BCUT2D eigenvalue weighted by Gasteiger charge is -2.16. The van der Waals surface area contributed by atoms with Crippen LogP contribution < -0.4 is 15.2 Å². The summed E-state index contributed by atoms with van der Waals surface area (Å²) in [6, 6.07) is 12.1. The van der Waals surface area contributed by atoms with Crippen molar-refractivity contribution in [2.24, 2.45) is 5.14 Å². The van der Waals surface area contributed by atoms with Gasteiger partial charge >= 0.3 is 6.18 Å². The number of carbonyl (C=O) groups excluding carboxylic acids is 1. The van der Waals surface area contributed by atoms with Gasteiger partial charge in [-0.2, -0.15) is 13.2 Å². The Bertz CT molecular complexity index is 1310. The predicted octanol–water partition coefficient (Wildman–Crippen LogP) is 4.20. The van der Waals surface area contributed by atoms with E-state index in [1.807, 2.05) is 0 Å². The molecule has 0 atom stereocenters. The number of amides is 1. The molecule has 0 bridgehead atoms. The number of halogens is 3. The van der Waals surface area contributed by atoms with Gasteiger partial charge in [0.05, 0.1) is 22.6 Å². The third-order valence-corrected chi connectivity index (χ3v) is 5.53. The Morgan fingerprint density at radius 3 is 2.39 bits per heavy atom. The van der Waals surface area contributed by atoms with Crippen LogP contribution in [-0.2, 0) is 22.8 Å². The fourth-order valence-electron chi connectivity index (χ4n) is 2.96. The molecule has 1 amide bonds. The first-order chi connectivity index (χ1) is 15.4. The van der Waals surface area contributed by atoms with Crippen molar-refractivity contribution in [1.82, 2.24) is 0 Å². The summed E-state index contributed by atoms with van der Waals surface area (Å²) in [5.74, 6) is -0.989. The maximum atomic E-state index is 13.3. The molecule has 0 saturated heterocycles. The van der Waals surface area contributed by atoms with Gasteiger partial charge in [-0.1, -0.05) is 18.2 Å². The van der Waals surface area contributed by atoms with Gasteiger partial charge in [0, 0.05) is 5.69 Å². The molecular formula is C22H19F3N2O5S. The first-order valence-electron chi connectivity index (χ1n) is 9.42. The molecule has 33 heavy (non-hydrogen) atoms. The van der Waals surface area contributed by atoms with Gasteiger partial charge in [-0.05, 0) is 60.5 Å². The van der Waals surface area contributed by atoms with Gasteiger partial charge in [-0.3, -0.25) is 4.79 Å².